The van der Waals surface area contributed by atoms with Crippen molar-refractivity contribution in [1.29, 1.82) is 5.26 Å². The quantitative estimate of drug-likeness (QED) is 0.650. The van der Waals surface area contributed by atoms with Crippen molar-refractivity contribution in [3.63, 3.8) is 0 Å². The fourth-order valence-corrected chi connectivity index (χ4v) is 3.04. The van der Waals surface area contributed by atoms with Crippen LogP contribution in [0.4, 0.5) is 0 Å². The van der Waals surface area contributed by atoms with E-state index >= 15 is 0 Å². The Labute approximate surface area is 179 Å². The van der Waals surface area contributed by atoms with Crippen LogP contribution in [0.2, 0.25) is 0 Å². The van der Waals surface area contributed by atoms with Crippen molar-refractivity contribution in [1.82, 2.24) is 9.78 Å². The summed E-state index contributed by atoms with van der Waals surface area (Å²) in [6.07, 6.45) is 3.10. The fourth-order valence-electron chi connectivity index (χ4n) is 3.04. The number of ether oxygens (including phenoxy) is 1. The lowest BCUT2D eigenvalue weighted by Gasteiger charge is -2.10. The molecule has 156 valence electrons. The Morgan fingerprint density at radius 1 is 1.13 bits per heavy atom. The fraction of sp³-hybridized carbons (Fsp3) is 0.167. The monoisotopic (exact) mass is 415 g/mol. The summed E-state index contributed by atoms with van der Waals surface area (Å²) in [5, 5.41) is 23.3. The minimum atomic E-state index is -1.34. The number of aromatic nitrogens is 2. The van der Waals surface area contributed by atoms with Crippen LogP contribution in [0.25, 0.3) is 17.8 Å². The lowest BCUT2D eigenvalue weighted by molar-refractivity contribution is 0.0688. The van der Waals surface area contributed by atoms with Gasteiger partial charge in [0, 0.05) is 5.56 Å². The van der Waals surface area contributed by atoms with Crippen LogP contribution in [-0.2, 0) is 0 Å². The SMILES string of the molecule is COc1ccc(-n2nc(C(=O)O)c(/C=C\c3ccc(C(C)C)cc3)c(C#N)c2=O)cc1. The molecule has 0 fully saturated rings. The molecule has 0 radical (unpaired) electrons. The van der Waals surface area contributed by atoms with Gasteiger partial charge in [0.05, 0.1) is 12.8 Å². The zero-order chi connectivity index (χ0) is 22.5. The van der Waals surface area contributed by atoms with Gasteiger partial charge in [-0.15, -0.1) is 0 Å². The largest absolute Gasteiger partial charge is 0.497 e. The molecule has 1 aromatic heterocycles. The first kappa shape index (κ1) is 21.5. The first-order chi connectivity index (χ1) is 14.8. The number of benzene rings is 2. The Bertz CT molecular complexity index is 1230. The zero-order valence-electron chi connectivity index (χ0n) is 17.4. The van der Waals surface area contributed by atoms with E-state index in [4.69, 9.17) is 4.74 Å². The van der Waals surface area contributed by atoms with Crippen LogP contribution in [0.3, 0.4) is 0 Å². The summed E-state index contributed by atoms with van der Waals surface area (Å²) in [5.74, 6) is -0.385. The van der Waals surface area contributed by atoms with Crippen LogP contribution >= 0.6 is 0 Å². The summed E-state index contributed by atoms with van der Waals surface area (Å²) >= 11 is 0. The molecule has 7 heteroatoms. The van der Waals surface area contributed by atoms with Gasteiger partial charge in [-0.25, -0.2) is 4.79 Å². The maximum absolute atomic E-state index is 12.9. The van der Waals surface area contributed by atoms with Crippen LogP contribution in [0.1, 0.15) is 52.5 Å². The van der Waals surface area contributed by atoms with Crippen LogP contribution in [0, 0.1) is 11.3 Å². The molecule has 1 heterocycles. The van der Waals surface area contributed by atoms with Gasteiger partial charge in [0.2, 0.25) is 0 Å². The molecule has 1 N–H and O–H groups in total. The highest BCUT2D eigenvalue weighted by Gasteiger charge is 2.21. The van der Waals surface area contributed by atoms with E-state index in [1.165, 1.54) is 18.7 Å². The van der Waals surface area contributed by atoms with E-state index in [9.17, 15) is 20.0 Å². The molecule has 0 atom stereocenters. The minimum absolute atomic E-state index is 0.0299. The first-order valence-electron chi connectivity index (χ1n) is 9.59. The summed E-state index contributed by atoms with van der Waals surface area (Å²) in [6.45, 7) is 4.18. The lowest BCUT2D eigenvalue weighted by atomic mass is 10.0. The number of hydrogen-bond acceptors (Lipinski definition) is 5. The molecule has 2 aromatic carbocycles. The third kappa shape index (κ3) is 4.54. The highest BCUT2D eigenvalue weighted by Crippen LogP contribution is 2.19. The third-order valence-corrected chi connectivity index (χ3v) is 4.81. The van der Waals surface area contributed by atoms with Gasteiger partial charge in [0.15, 0.2) is 5.69 Å². The smallest absolute Gasteiger partial charge is 0.357 e. The molecule has 0 amide bonds. The molecular formula is C24H21N3O4. The second kappa shape index (κ2) is 9.09. The topological polar surface area (TPSA) is 105 Å². The molecule has 0 aliphatic heterocycles. The Hall–Kier alpha value is -4.18. The molecule has 0 aliphatic carbocycles. The maximum atomic E-state index is 12.9. The number of carboxylic acid groups (broad SMARTS) is 1. The van der Waals surface area contributed by atoms with Crippen LogP contribution in [0.5, 0.6) is 5.75 Å². The normalized spacial score (nSPS) is 10.9. The highest BCUT2D eigenvalue weighted by molar-refractivity contribution is 5.92. The Kier molecular flexibility index (Phi) is 6.32. The molecule has 3 aromatic rings. The van der Waals surface area contributed by atoms with E-state index in [0.717, 1.165) is 10.2 Å². The molecule has 31 heavy (non-hydrogen) atoms. The minimum Gasteiger partial charge on any atom is -0.497 e. The Morgan fingerprint density at radius 2 is 1.77 bits per heavy atom. The Morgan fingerprint density at radius 3 is 2.29 bits per heavy atom. The highest BCUT2D eigenvalue weighted by atomic mass is 16.5. The summed E-state index contributed by atoms with van der Waals surface area (Å²) in [7, 11) is 1.51. The van der Waals surface area contributed by atoms with Crippen molar-refractivity contribution in [3.8, 4) is 17.5 Å². The maximum Gasteiger partial charge on any atom is 0.357 e. The average Bonchev–Trinajstić information content (AvgIpc) is 2.77. The molecule has 0 spiro atoms. The summed E-state index contributed by atoms with van der Waals surface area (Å²) in [5.41, 5.74) is 0.892. The van der Waals surface area contributed by atoms with Gasteiger partial charge in [0.25, 0.3) is 5.56 Å². The van der Waals surface area contributed by atoms with E-state index in [2.05, 4.69) is 18.9 Å². The van der Waals surface area contributed by atoms with Gasteiger partial charge in [-0.3, -0.25) is 4.79 Å². The van der Waals surface area contributed by atoms with E-state index in [1.54, 1.807) is 30.3 Å². The number of methoxy groups -OCH3 is 1. The predicted molar refractivity (Wildman–Crippen MR) is 118 cm³/mol. The standard InChI is InChI=1S/C24H21N3O4/c1-15(2)17-7-4-16(5-8-17)6-13-20-21(14-25)23(28)27(26-22(20)24(29)30)18-9-11-19(31-3)12-10-18/h4-13,15H,1-3H3,(H,29,30)/b13-6-. The third-order valence-electron chi connectivity index (χ3n) is 4.81. The number of carbonyl (C=O) groups is 1. The predicted octanol–water partition coefficient (Wildman–Crippen LogP) is 4.10. The van der Waals surface area contributed by atoms with E-state index < -0.39 is 11.5 Å². The lowest BCUT2D eigenvalue weighted by Crippen LogP contribution is -2.28. The average molecular weight is 415 g/mol. The van der Waals surface area contributed by atoms with Crippen molar-refractivity contribution in [2.75, 3.05) is 7.11 Å². The van der Waals surface area contributed by atoms with E-state index in [0.29, 0.717) is 17.4 Å². The van der Waals surface area contributed by atoms with Crippen molar-refractivity contribution < 1.29 is 14.6 Å². The summed E-state index contributed by atoms with van der Waals surface area (Å²) in [6, 6.07) is 15.9. The Balaban J connectivity index is 2.11. The van der Waals surface area contributed by atoms with Crippen LogP contribution in [0.15, 0.2) is 53.3 Å². The van der Waals surface area contributed by atoms with Gasteiger partial charge in [0.1, 0.15) is 17.4 Å². The van der Waals surface area contributed by atoms with Crippen LogP contribution < -0.4 is 10.3 Å². The number of nitrogens with zero attached hydrogens (tertiary/aromatic N) is 3. The number of nitriles is 1. The molecular weight excluding hydrogens is 394 g/mol. The van der Waals surface area contributed by atoms with E-state index in [1.807, 2.05) is 30.3 Å². The molecule has 0 aliphatic rings. The number of aromatic carboxylic acids is 1. The van der Waals surface area contributed by atoms with Crippen molar-refractivity contribution >= 4 is 18.1 Å². The van der Waals surface area contributed by atoms with Gasteiger partial charge in [-0.2, -0.15) is 15.0 Å². The molecule has 0 saturated carbocycles. The number of rotatable bonds is 6. The summed E-state index contributed by atoms with van der Waals surface area (Å²) in [4.78, 5) is 24.8. The van der Waals surface area contributed by atoms with Gasteiger partial charge >= 0.3 is 5.97 Å². The van der Waals surface area contributed by atoms with Gasteiger partial charge in [-0.05, 0) is 41.3 Å². The molecule has 3 rings (SSSR count). The van der Waals surface area contributed by atoms with Crippen molar-refractivity contribution in [2.45, 2.75) is 19.8 Å². The van der Waals surface area contributed by atoms with Gasteiger partial charge < -0.3 is 9.84 Å². The second-order valence-corrected chi connectivity index (χ2v) is 7.12. The molecule has 0 unspecified atom stereocenters. The summed E-state index contributed by atoms with van der Waals surface area (Å²) < 4.78 is 6.01. The second-order valence-electron chi connectivity index (χ2n) is 7.12. The van der Waals surface area contributed by atoms with E-state index in [-0.39, 0.29) is 16.8 Å². The van der Waals surface area contributed by atoms with Crippen LogP contribution in [-0.4, -0.2) is 28.0 Å². The number of carboxylic acids is 1. The molecule has 0 bridgehead atoms. The zero-order valence-corrected chi connectivity index (χ0v) is 17.4. The van der Waals surface area contributed by atoms with Gasteiger partial charge in [-0.1, -0.05) is 50.3 Å². The van der Waals surface area contributed by atoms with Crippen molar-refractivity contribution in [3.05, 3.63) is 86.8 Å². The first-order valence-corrected chi connectivity index (χ1v) is 9.59. The number of hydrogen-bond donors (Lipinski definition) is 1. The van der Waals surface area contributed by atoms with Crippen molar-refractivity contribution in [2.24, 2.45) is 0 Å². The molecule has 7 nitrogen and oxygen atoms in total. The molecule has 0 saturated heterocycles.